The van der Waals surface area contributed by atoms with Crippen LogP contribution in [0.2, 0.25) is 0 Å². The Bertz CT molecular complexity index is 317. The molecule has 0 aliphatic heterocycles. The van der Waals surface area contributed by atoms with E-state index in [2.05, 4.69) is 49.4 Å². The van der Waals surface area contributed by atoms with Gasteiger partial charge in [0.15, 0.2) is 0 Å². The summed E-state index contributed by atoms with van der Waals surface area (Å²) in [6, 6.07) is 5.91. The van der Waals surface area contributed by atoms with Gasteiger partial charge in [0.25, 0.3) is 0 Å². The Morgan fingerprint density at radius 2 is 1.87 bits per heavy atom. The predicted octanol–water partition coefficient (Wildman–Crippen LogP) is 2.59. The van der Waals surface area contributed by atoms with E-state index in [1.54, 1.807) is 0 Å². The lowest BCUT2D eigenvalue weighted by Crippen LogP contribution is -2.34. The smallest absolute Gasteiger partial charge is 0.0378 e. The summed E-state index contributed by atoms with van der Waals surface area (Å²) in [5.74, 6) is 0. The topological polar surface area (TPSA) is 8.17 Å². The van der Waals surface area contributed by atoms with Crippen molar-refractivity contribution in [2.75, 3.05) is 7.05 Å². The third kappa shape index (κ3) is 2.25. The highest BCUT2D eigenvalue weighted by Gasteiger charge is 2.29. The van der Waals surface area contributed by atoms with Crippen LogP contribution in [0, 0.1) is 13.8 Å². The van der Waals surface area contributed by atoms with Gasteiger partial charge in [0, 0.05) is 30.0 Å². The first-order valence-corrected chi connectivity index (χ1v) is 5.94. The largest absolute Gasteiger partial charge is 0.348 e. The number of hydrogen-bond donors (Lipinski definition) is 0. The van der Waals surface area contributed by atoms with Crippen LogP contribution in [0.3, 0.4) is 0 Å². The second-order valence-electron chi connectivity index (χ2n) is 4.97. The van der Waals surface area contributed by atoms with Crippen molar-refractivity contribution in [3.63, 3.8) is 0 Å². The lowest BCUT2D eigenvalue weighted by atomic mass is 10.2. The van der Waals surface area contributed by atoms with Crippen molar-refractivity contribution in [2.24, 2.45) is 0 Å². The van der Waals surface area contributed by atoms with Gasteiger partial charge in [-0.05, 0) is 52.8 Å². The monoisotopic (exact) mass is 206 g/mol. The van der Waals surface area contributed by atoms with Gasteiger partial charge in [-0.2, -0.15) is 0 Å². The van der Waals surface area contributed by atoms with Crippen molar-refractivity contribution in [3.8, 4) is 0 Å². The zero-order chi connectivity index (χ0) is 11.0. The van der Waals surface area contributed by atoms with E-state index in [1.165, 1.54) is 24.2 Å². The SMILES string of the molecule is Cc1ccc(C)n1CC(C)N(C)C1CC1. The van der Waals surface area contributed by atoms with Crippen LogP contribution in [0.25, 0.3) is 0 Å². The molecule has 0 bridgehead atoms. The second kappa shape index (κ2) is 4.01. The Morgan fingerprint density at radius 3 is 2.33 bits per heavy atom. The van der Waals surface area contributed by atoms with Crippen LogP contribution >= 0.6 is 0 Å². The standard InChI is InChI=1S/C13H22N2/c1-10-5-6-11(2)15(10)9-12(3)14(4)13-7-8-13/h5-6,12-13H,7-9H2,1-4H3. The number of aromatic nitrogens is 1. The molecule has 1 aromatic rings. The summed E-state index contributed by atoms with van der Waals surface area (Å²) in [4.78, 5) is 2.53. The molecule has 0 spiro atoms. The van der Waals surface area contributed by atoms with Crippen LogP contribution in [0.4, 0.5) is 0 Å². The molecule has 0 aromatic carbocycles. The van der Waals surface area contributed by atoms with Gasteiger partial charge in [-0.25, -0.2) is 0 Å². The molecule has 0 radical (unpaired) electrons. The van der Waals surface area contributed by atoms with E-state index >= 15 is 0 Å². The van der Waals surface area contributed by atoms with Crippen molar-refractivity contribution in [3.05, 3.63) is 23.5 Å². The summed E-state index contributed by atoms with van der Waals surface area (Å²) in [7, 11) is 2.26. The molecule has 0 N–H and O–H groups in total. The molecule has 0 amide bonds. The molecule has 1 aliphatic carbocycles. The average Bonchev–Trinajstić information content (AvgIpc) is 3.00. The molecule has 2 nitrogen and oxygen atoms in total. The summed E-state index contributed by atoms with van der Waals surface area (Å²) in [5.41, 5.74) is 2.76. The van der Waals surface area contributed by atoms with E-state index < -0.39 is 0 Å². The lowest BCUT2D eigenvalue weighted by Gasteiger charge is -2.26. The number of hydrogen-bond acceptors (Lipinski definition) is 1. The molecule has 1 fully saturated rings. The normalized spacial score (nSPS) is 18.5. The van der Waals surface area contributed by atoms with E-state index in [1.807, 2.05) is 0 Å². The molecule has 0 saturated heterocycles. The maximum atomic E-state index is 2.53. The fourth-order valence-electron chi connectivity index (χ4n) is 2.22. The zero-order valence-corrected chi connectivity index (χ0v) is 10.3. The minimum Gasteiger partial charge on any atom is -0.348 e. The molecule has 1 unspecified atom stereocenters. The van der Waals surface area contributed by atoms with Gasteiger partial charge in [-0.1, -0.05) is 0 Å². The van der Waals surface area contributed by atoms with Crippen LogP contribution in [0.5, 0.6) is 0 Å². The Morgan fingerprint density at radius 1 is 1.33 bits per heavy atom. The summed E-state index contributed by atoms with van der Waals surface area (Å²) in [6.45, 7) is 7.84. The Hall–Kier alpha value is -0.760. The fourth-order valence-corrected chi connectivity index (χ4v) is 2.22. The third-order valence-corrected chi connectivity index (χ3v) is 3.68. The Labute approximate surface area is 92.9 Å². The molecule has 84 valence electrons. The minimum atomic E-state index is 0.641. The number of likely N-dealkylation sites (N-methyl/N-ethyl adjacent to an activating group) is 1. The molecule has 1 aromatic heterocycles. The van der Waals surface area contributed by atoms with Crippen molar-refractivity contribution >= 4 is 0 Å². The van der Waals surface area contributed by atoms with Crippen molar-refractivity contribution in [1.29, 1.82) is 0 Å². The van der Waals surface area contributed by atoms with Gasteiger partial charge >= 0.3 is 0 Å². The van der Waals surface area contributed by atoms with Crippen molar-refractivity contribution < 1.29 is 0 Å². The summed E-state index contributed by atoms with van der Waals surface area (Å²) in [6.07, 6.45) is 2.79. The Kier molecular flexibility index (Phi) is 2.87. The fraction of sp³-hybridized carbons (Fsp3) is 0.692. The second-order valence-corrected chi connectivity index (χ2v) is 4.97. The van der Waals surface area contributed by atoms with Gasteiger partial charge in [-0.15, -0.1) is 0 Å². The first-order valence-electron chi connectivity index (χ1n) is 5.94. The summed E-state index contributed by atoms with van der Waals surface area (Å²) >= 11 is 0. The average molecular weight is 206 g/mol. The third-order valence-electron chi connectivity index (χ3n) is 3.68. The maximum absolute atomic E-state index is 2.53. The lowest BCUT2D eigenvalue weighted by molar-refractivity contribution is 0.224. The molecule has 2 heteroatoms. The highest BCUT2D eigenvalue weighted by molar-refractivity contribution is 5.13. The number of aryl methyl sites for hydroxylation is 2. The molecule has 15 heavy (non-hydrogen) atoms. The van der Waals surface area contributed by atoms with Crippen LogP contribution in [0.15, 0.2) is 12.1 Å². The van der Waals surface area contributed by atoms with E-state index in [0.717, 1.165) is 12.6 Å². The highest BCUT2D eigenvalue weighted by atomic mass is 15.2. The van der Waals surface area contributed by atoms with Crippen molar-refractivity contribution in [2.45, 2.75) is 52.2 Å². The van der Waals surface area contributed by atoms with E-state index in [0.29, 0.717) is 6.04 Å². The van der Waals surface area contributed by atoms with Gasteiger partial charge in [-0.3, -0.25) is 4.90 Å². The quantitative estimate of drug-likeness (QED) is 0.735. The molecule has 1 atom stereocenters. The summed E-state index contributed by atoms with van der Waals surface area (Å²) < 4.78 is 2.42. The first kappa shape index (κ1) is 10.7. The molecular formula is C13H22N2. The molecule has 1 aliphatic rings. The predicted molar refractivity (Wildman–Crippen MR) is 64.2 cm³/mol. The van der Waals surface area contributed by atoms with Gasteiger partial charge in [0.1, 0.15) is 0 Å². The highest BCUT2D eigenvalue weighted by Crippen LogP contribution is 2.27. The van der Waals surface area contributed by atoms with Gasteiger partial charge in [0.2, 0.25) is 0 Å². The minimum absolute atomic E-state index is 0.641. The van der Waals surface area contributed by atoms with Crippen LogP contribution < -0.4 is 0 Å². The summed E-state index contributed by atoms with van der Waals surface area (Å²) in [5, 5.41) is 0. The molecule has 1 heterocycles. The van der Waals surface area contributed by atoms with Gasteiger partial charge < -0.3 is 4.57 Å². The van der Waals surface area contributed by atoms with Crippen LogP contribution in [-0.4, -0.2) is 28.6 Å². The molecule has 1 saturated carbocycles. The first-order chi connectivity index (χ1) is 7.09. The van der Waals surface area contributed by atoms with E-state index in [-0.39, 0.29) is 0 Å². The molecular weight excluding hydrogens is 184 g/mol. The zero-order valence-electron chi connectivity index (χ0n) is 10.3. The molecule has 2 rings (SSSR count). The number of rotatable bonds is 4. The van der Waals surface area contributed by atoms with Crippen LogP contribution in [0.1, 0.15) is 31.2 Å². The van der Waals surface area contributed by atoms with E-state index in [4.69, 9.17) is 0 Å². The van der Waals surface area contributed by atoms with Crippen molar-refractivity contribution in [1.82, 2.24) is 9.47 Å². The van der Waals surface area contributed by atoms with E-state index in [9.17, 15) is 0 Å². The number of nitrogens with zero attached hydrogens (tertiary/aromatic N) is 2. The van der Waals surface area contributed by atoms with Gasteiger partial charge in [0.05, 0.1) is 0 Å². The van der Waals surface area contributed by atoms with Crippen LogP contribution in [-0.2, 0) is 6.54 Å². The Balaban J connectivity index is 2.01. The maximum Gasteiger partial charge on any atom is 0.0378 e.